The van der Waals surface area contributed by atoms with Crippen LogP contribution in [0.2, 0.25) is 0 Å². The molecule has 1 N–H and O–H groups in total. The minimum atomic E-state index is -0.525. The maximum Gasteiger partial charge on any atom is 0.351 e. The van der Waals surface area contributed by atoms with Gasteiger partial charge in [0.2, 0.25) is 0 Å². The molecule has 0 fully saturated rings. The molecule has 1 aromatic rings. The topological polar surface area (TPSA) is 50.7 Å². The second-order valence-corrected chi connectivity index (χ2v) is 2.94. The number of esters is 1. The second kappa shape index (κ2) is 6.55. The van der Waals surface area contributed by atoms with Crippen LogP contribution in [0.4, 0.5) is 4.39 Å². The Bertz CT molecular complexity index is 380. The van der Waals surface area contributed by atoms with E-state index in [4.69, 9.17) is 0 Å². The van der Waals surface area contributed by atoms with Gasteiger partial charge in [-0.3, -0.25) is 0 Å². The van der Waals surface area contributed by atoms with Gasteiger partial charge < -0.3 is 10.2 Å². The third-order valence-corrected chi connectivity index (χ3v) is 1.78. The van der Waals surface area contributed by atoms with Crippen molar-refractivity contribution in [2.24, 2.45) is 5.10 Å². The summed E-state index contributed by atoms with van der Waals surface area (Å²) in [6.45, 7) is 2.24. The Kier molecular flexibility index (Phi) is 4.98. The largest absolute Gasteiger partial charge is 0.462 e. The molecule has 0 saturated heterocycles. The summed E-state index contributed by atoms with van der Waals surface area (Å²) >= 11 is 0. The Hall–Kier alpha value is -1.91. The zero-order chi connectivity index (χ0) is 11.8. The van der Waals surface area contributed by atoms with Crippen molar-refractivity contribution in [3.05, 3.63) is 35.6 Å². The van der Waals surface area contributed by atoms with E-state index in [-0.39, 0.29) is 12.4 Å². The highest BCUT2D eigenvalue weighted by atomic mass is 19.1. The van der Waals surface area contributed by atoms with Gasteiger partial charge in [-0.25, -0.2) is 9.18 Å². The van der Waals surface area contributed by atoms with Crippen molar-refractivity contribution in [1.29, 1.82) is 0 Å². The Morgan fingerprint density at radius 3 is 3.00 bits per heavy atom. The van der Waals surface area contributed by atoms with E-state index in [0.29, 0.717) is 12.2 Å². The first kappa shape index (κ1) is 12.2. The number of benzene rings is 1. The van der Waals surface area contributed by atoms with Crippen molar-refractivity contribution in [3.8, 4) is 0 Å². The highest BCUT2D eigenvalue weighted by Crippen LogP contribution is 2.04. The molecule has 5 heteroatoms. The molecule has 0 aliphatic rings. The molecule has 0 radical (unpaired) electrons. The van der Waals surface area contributed by atoms with Gasteiger partial charge >= 0.3 is 5.97 Å². The van der Waals surface area contributed by atoms with Gasteiger partial charge in [-0.05, 0) is 13.0 Å². The van der Waals surface area contributed by atoms with E-state index < -0.39 is 5.97 Å². The predicted molar refractivity (Wildman–Crippen MR) is 58.4 cm³/mol. The number of rotatable bonds is 5. The summed E-state index contributed by atoms with van der Waals surface area (Å²) in [6.07, 6.45) is 1.02. The standard InChI is InChI=1S/C11H13FN2O2/c1-2-16-11(15)8-14-13-7-9-5-3-4-6-10(9)12/h3-6,8,13H,2,7H2,1H3/b14-8-. The monoisotopic (exact) mass is 224 g/mol. The smallest absolute Gasteiger partial charge is 0.351 e. The highest BCUT2D eigenvalue weighted by molar-refractivity contribution is 6.23. The van der Waals surface area contributed by atoms with Crippen molar-refractivity contribution >= 4 is 12.2 Å². The Labute approximate surface area is 93.1 Å². The molecule has 0 aliphatic carbocycles. The number of carbonyl (C=O) groups is 1. The lowest BCUT2D eigenvalue weighted by atomic mass is 10.2. The fraction of sp³-hybridized carbons (Fsp3) is 0.273. The predicted octanol–water partition coefficient (Wildman–Crippen LogP) is 1.46. The molecular weight excluding hydrogens is 211 g/mol. The van der Waals surface area contributed by atoms with Gasteiger partial charge in [-0.2, -0.15) is 5.10 Å². The molecule has 0 saturated carbocycles. The van der Waals surface area contributed by atoms with Crippen molar-refractivity contribution < 1.29 is 13.9 Å². The number of ether oxygens (including phenoxy) is 1. The van der Waals surface area contributed by atoms with E-state index in [1.54, 1.807) is 25.1 Å². The lowest BCUT2D eigenvalue weighted by Crippen LogP contribution is -2.11. The van der Waals surface area contributed by atoms with Gasteiger partial charge in [0, 0.05) is 5.56 Å². The Morgan fingerprint density at radius 1 is 1.56 bits per heavy atom. The van der Waals surface area contributed by atoms with Crippen LogP contribution < -0.4 is 5.43 Å². The SMILES string of the molecule is CCOC(=O)/C=N\NCc1ccccc1F. The van der Waals surface area contributed by atoms with Crippen molar-refractivity contribution in [1.82, 2.24) is 5.43 Å². The second-order valence-electron chi connectivity index (χ2n) is 2.94. The summed E-state index contributed by atoms with van der Waals surface area (Å²) in [5, 5.41) is 3.61. The lowest BCUT2D eigenvalue weighted by Gasteiger charge is -2.01. The number of halogens is 1. The molecule has 1 aromatic carbocycles. The van der Waals surface area contributed by atoms with Gasteiger partial charge in [0.05, 0.1) is 13.2 Å². The van der Waals surface area contributed by atoms with Gasteiger partial charge in [-0.15, -0.1) is 0 Å². The molecule has 0 aromatic heterocycles. The molecule has 0 bridgehead atoms. The molecule has 4 nitrogen and oxygen atoms in total. The maximum absolute atomic E-state index is 13.1. The molecule has 0 unspecified atom stereocenters. The van der Waals surface area contributed by atoms with E-state index in [1.165, 1.54) is 6.07 Å². The number of hydrogen-bond acceptors (Lipinski definition) is 4. The number of nitrogens with zero attached hydrogens (tertiary/aromatic N) is 1. The molecule has 1 rings (SSSR count). The number of carbonyl (C=O) groups excluding carboxylic acids is 1. The van der Waals surface area contributed by atoms with Crippen LogP contribution in [0.15, 0.2) is 29.4 Å². The maximum atomic E-state index is 13.1. The van der Waals surface area contributed by atoms with Crippen LogP contribution in [0.25, 0.3) is 0 Å². The summed E-state index contributed by atoms with van der Waals surface area (Å²) in [4.78, 5) is 10.8. The third kappa shape index (κ3) is 4.08. The normalized spacial score (nSPS) is 10.4. The summed E-state index contributed by atoms with van der Waals surface area (Å²) in [5.41, 5.74) is 3.05. The van der Waals surface area contributed by atoms with Crippen LogP contribution in [0, 0.1) is 5.82 Å². The molecule has 16 heavy (non-hydrogen) atoms. The fourth-order valence-corrected chi connectivity index (χ4v) is 1.05. The van der Waals surface area contributed by atoms with Crippen LogP contribution in [0.1, 0.15) is 12.5 Å². The van der Waals surface area contributed by atoms with E-state index in [2.05, 4.69) is 15.3 Å². The first-order valence-electron chi connectivity index (χ1n) is 4.90. The molecule has 0 aliphatic heterocycles. The van der Waals surface area contributed by atoms with Gasteiger partial charge in [-0.1, -0.05) is 18.2 Å². The molecule has 0 amide bonds. The first-order chi connectivity index (χ1) is 7.74. The zero-order valence-corrected chi connectivity index (χ0v) is 8.94. The van der Waals surface area contributed by atoms with Gasteiger partial charge in [0.1, 0.15) is 12.0 Å². The molecular formula is C11H13FN2O2. The zero-order valence-electron chi connectivity index (χ0n) is 8.94. The van der Waals surface area contributed by atoms with E-state index in [0.717, 1.165) is 6.21 Å². The summed E-state index contributed by atoms with van der Waals surface area (Å²) in [5.74, 6) is -0.829. The average Bonchev–Trinajstić information content (AvgIpc) is 2.27. The van der Waals surface area contributed by atoms with Crippen molar-refractivity contribution in [2.75, 3.05) is 6.61 Å². The van der Waals surface area contributed by atoms with Crippen LogP contribution in [0.3, 0.4) is 0 Å². The highest BCUT2D eigenvalue weighted by Gasteiger charge is 1.98. The first-order valence-corrected chi connectivity index (χ1v) is 4.90. The van der Waals surface area contributed by atoms with Crippen LogP contribution in [-0.4, -0.2) is 18.8 Å². The number of nitrogens with one attached hydrogen (secondary N) is 1. The lowest BCUT2D eigenvalue weighted by molar-refractivity contribution is -0.134. The van der Waals surface area contributed by atoms with E-state index in [1.807, 2.05) is 0 Å². The van der Waals surface area contributed by atoms with E-state index in [9.17, 15) is 9.18 Å². The molecule has 0 heterocycles. The summed E-state index contributed by atoms with van der Waals surface area (Å²) in [6, 6.07) is 6.35. The Morgan fingerprint density at radius 2 is 2.31 bits per heavy atom. The number of hydrogen-bond donors (Lipinski definition) is 1. The quantitative estimate of drug-likeness (QED) is 0.468. The molecule has 86 valence electrons. The van der Waals surface area contributed by atoms with Crippen LogP contribution in [-0.2, 0) is 16.1 Å². The molecule has 0 atom stereocenters. The van der Waals surface area contributed by atoms with Gasteiger partial charge in [0.15, 0.2) is 0 Å². The molecule has 0 spiro atoms. The number of hydrazone groups is 1. The van der Waals surface area contributed by atoms with Crippen LogP contribution >= 0.6 is 0 Å². The average molecular weight is 224 g/mol. The summed E-state index contributed by atoms with van der Waals surface area (Å²) < 4.78 is 17.7. The van der Waals surface area contributed by atoms with Crippen LogP contribution in [0.5, 0.6) is 0 Å². The van der Waals surface area contributed by atoms with E-state index >= 15 is 0 Å². The van der Waals surface area contributed by atoms with Crippen molar-refractivity contribution in [2.45, 2.75) is 13.5 Å². The Balaban J connectivity index is 2.36. The minimum absolute atomic E-state index is 0.225. The minimum Gasteiger partial charge on any atom is -0.462 e. The third-order valence-electron chi connectivity index (χ3n) is 1.78. The fourth-order valence-electron chi connectivity index (χ4n) is 1.05. The summed E-state index contributed by atoms with van der Waals surface area (Å²) in [7, 11) is 0. The van der Waals surface area contributed by atoms with Crippen molar-refractivity contribution in [3.63, 3.8) is 0 Å². The van der Waals surface area contributed by atoms with Gasteiger partial charge in [0.25, 0.3) is 0 Å².